The van der Waals surface area contributed by atoms with E-state index in [4.69, 9.17) is 26.2 Å². The molecule has 0 radical (unpaired) electrons. The number of hydrogen-bond donors (Lipinski definition) is 5. The number of carbonyl (C=O) groups excluding carboxylic acids is 1. The molecule has 0 saturated heterocycles. The molecule has 0 saturated carbocycles. The highest BCUT2D eigenvalue weighted by Crippen LogP contribution is 1.96. The third kappa shape index (κ3) is 9.88. The largest absolute Gasteiger partial charge is 0.480 e. The summed E-state index contributed by atoms with van der Waals surface area (Å²) in [6, 6.07) is -0.713. The van der Waals surface area contributed by atoms with Crippen LogP contribution in [0.5, 0.6) is 0 Å². The average molecular weight is 251 g/mol. The molecule has 0 aromatic rings. The first-order chi connectivity index (χ1) is 7.77. The van der Waals surface area contributed by atoms with Crippen LogP contribution in [0.15, 0.2) is 0 Å². The Bertz CT molecular complexity index is 221. The summed E-state index contributed by atoms with van der Waals surface area (Å²) in [5, 5.41) is 33.7. The quantitative estimate of drug-likeness (QED) is 0.356. The molecule has 0 rings (SSSR count). The van der Waals surface area contributed by atoms with Crippen LogP contribution < -0.4 is 5.73 Å². The molecule has 0 unspecified atom stereocenters. The second-order valence-corrected chi connectivity index (χ2v) is 3.83. The van der Waals surface area contributed by atoms with Crippen LogP contribution in [0.25, 0.3) is 0 Å². The smallest absolute Gasteiger partial charge is 0.320 e. The Morgan fingerprint density at radius 2 is 1.76 bits per heavy atom. The Kier molecular flexibility index (Phi) is 11.0. The lowest BCUT2D eigenvalue weighted by atomic mass is 10.1. The zero-order valence-electron chi connectivity index (χ0n) is 9.98. The molecule has 0 bridgehead atoms. The van der Waals surface area contributed by atoms with Crippen molar-refractivity contribution in [2.75, 3.05) is 6.61 Å². The van der Waals surface area contributed by atoms with E-state index in [1.807, 2.05) is 0 Å². The van der Waals surface area contributed by atoms with Crippen LogP contribution in [-0.2, 0) is 9.59 Å². The van der Waals surface area contributed by atoms with Crippen molar-refractivity contribution in [1.29, 1.82) is 0 Å². The molecule has 0 amide bonds. The normalized spacial score (nSPS) is 15.5. The van der Waals surface area contributed by atoms with Crippen molar-refractivity contribution < 1.29 is 30.0 Å². The predicted octanol–water partition coefficient (Wildman–Crippen LogP) is -1.66. The van der Waals surface area contributed by atoms with Crippen LogP contribution in [0, 0.1) is 5.92 Å². The third-order valence-corrected chi connectivity index (χ3v) is 1.97. The van der Waals surface area contributed by atoms with Crippen LogP contribution in [-0.4, -0.2) is 57.5 Å². The van der Waals surface area contributed by atoms with E-state index in [-0.39, 0.29) is 12.3 Å². The molecule has 102 valence electrons. The van der Waals surface area contributed by atoms with Gasteiger partial charge >= 0.3 is 5.97 Å². The monoisotopic (exact) mass is 251 g/mol. The average Bonchev–Trinajstić information content (AvgIpc) is 2.27. The Morgan fingerprint density at radius 3 is 1.94 bits per heavy atom. The molecular formula is C10H21NO6. The molecule has 3 atom stereocenters. The minimum Gasteiger partial charge on any atom is -0.480 e. The van der Waals surface area contributed by atoms with Crippen molar-refractivity contribution in [3.63, 3.8) is 0 Å². The van der Waals surface area contributed by atoms with E-state index >= 15 is 0 Å². The van der Waals surface area contributed by atoms with Gasteiger partial charge in [0.25, 0.3) is 0 Å². The van der Waals surface area contributed by atoms with Gasteiger partial charge in [0.1, 0.15) is 18.4 Å². The zero-order valence-corrected chi connectivity index (χ0v) is 9.98. The summed E-state index contributed by atoms with van der Waals surface area (Å²) < 4.78 is 0. The van der Waals surface area contributed by atoms with Crippen LogP contribution >= 0.6 is 0 Å². The summed E-state index contributed by atoms with van der Waals surface area (Å²) in [5.74, 6) is -0.910. The summed E-state index contributed by atoms with van der Waals surface area (Å²) in [7, 11) is 0. The van der Waals surface area contributed by atoms with Gasteiger partial charge in [0.05, 0.1) is 12.7 Å². The first-order valence-electron chi connectivity index (χ1n) is 5.16. The van der Waals surface area contributed by atoms with Gasteiger partial charge in [0.15, 0.2) is 0 Å². The number of aliphatic carboxylic acids is 1. The Morgan fingerprint density at radius 1 is 1.29 bits per heavy atom. The molecule has 0 aliphatic carbocycles. The fraction of sp³-hybridized carbons (Fsp3) is 0.800. The van der Waals surface area contributed by atoms with Crippen LogP contribution in [0.1, 0.15) is 20.3 Å². The van der Waals surface area contributed by atoms with E-state index < -0.39 is 30.8 Å². The number of carboxylic acids is 1. The van der Waals surface area contributed by atoms with E-state index in [1.165, 1.54) is 0 Å². The summed E-state index contributed by atoms with van der Waals surface area (Å²) in [6.45, 7) is 3.03. The Hall–Kier alpha value is -1.02. The van der Waals surface area contributed by atoms with E-state index in [2.05, 4.69) is 0 Å². The van der Waals surface area contributed by atoms with Gasteiger partial charge in [0, 0.05) is 6.42 Å². The lowest BCUT2D eigenvalue weighted by molar-refractivity contribution is -0.139. The molecule has 17 heavy (non-hydrogen) atoms. The number of aliphatic hydroxyl groups excluding tert-OH is 3. The van der Waals surface area contributed by atoms with E-state index in [1.54, 1.807) is 13.8 Å². The van der Waals surface area contributed by atoms with Crippen molar-refractivity contribution in [2.24, 2.45) is 11.7 Å². The zero-order chi connectivity index (χ0) is 14.0. The Labute approximate surface area is 99.9 Å². The molecule has 0 fully saturated rings. The first kappa shape index (κ1) is 18.3. The number of carboxylic acid groups (broad SMARTS) is 1. The maximum absolute atomic E-state index is 10.0. The highest BCUT2D eigenvalue weighted by molar-refractivity contribution is 5.73. The van der Waals surface area contributed by atoms with Crippen molar-refractivity contribution in [2.45, 2.75) is 38.5 Å². The molecule has 6 N–H and O–H groups in total. The second-order valence-electron chi connectivity index (χ2n) is 3.83. The molecule has 0 heterocycles. The molecule has 7 heteroatoms. The summed E-state index contributed by atoms with van der Waals surface area (Å²) in [4.78, 5) is 19.7. The van der Waals surface area contributed by atoms with Crippen LogP contribution in [0.3, 0.4) is 0 Å². The first-order valence-corrected chi connectivity index (χ1v) is 5.16. The third-order valence-electron chi connectivity index (χ3n) is 1.97. The topological polar surface area (TPSA) is 141 Å². The SMILES string of the molecule is CC(C)[C@H](N)C(=O)O.O=CC[C@H](O)[C@H](O)CO. The van der Waals surface area contributed by atoms with E-state index in [0.717, 1.165) is 0 Å². The molecule has 0 aliphatic heterocycles. The van der Waals surface area contributed by atoms with Crippen molar-refractivity contribution in [3.05, 3.63) is 0 Å². The van der Waals surface area contributed by atoms with Gasteiger partial charge in [-0.3, -0.25) is 4.79 Å². The lowest BCUT2D eigenvalue weighted by Gasteiger charge is -2.11. The molecule has 0 aliphatic rings. The molecular weight excluding hydrogens is 230 g/mol. The van der Waals surface area contributed by atoms with Gasteiger partial charge in [-0.05, 0) is 5.92 Å². The van der Waals surface area contributed by atoms with E-state index in [9.17, 15) is 9.59 Å². The standard InChI is InChI=1S/C5H11NO2.C5H10O4/c1-3(2)4(6)5(7)8;6-2-1-4(8)5(9)3-7/h3-4H,6H2,1-2H3,(H,7,8);2,4-5,7-9H,1,3H2/t4-;4-,5+/m00/s1. The van der Waals surface area contributed by atoms with Gasteiger partial charge in [-0.1, -0.05) is 13.8 Å². The number of hydrogen-bond acceptors (Lipinski definition) is 6. The van der Waals surface area contributed by atoms with Gasteiger partial charge in [0.2, 0.25) is 0 Å². The fourth-order valence-corrected chi connectivity index (χ4v) is 0.663. The summed E-state index contributed by atoms with van der Waals surface area (Å²) >= 11 is 0. The van der Waals surface area contributed by atoms with E-state index in [0.29, 0.717) is 6.29 Å². The van der Waals surface area contributed by atoms with Crippen molar-refractivity contribution in [1.82, 2.24) is 0 Å². The molecule has 7 nitrogen and oxygen atoms in total. The minimum atomic E-state index is -1.20. The molecule has 0 aromatic heterocycles. The Balaban J connectivity index is 0. The fourth-order valence-electron chi connectivity index (χ4n) is 0.663. The highest BCUT2D eigenvalue weighted by Gasteiger charge is 2.14. The van der Waals surface area contributed by atoms with Crippen LogP contribution in [0.2, 0.25) is 0 Å². The number of nitrogens with two attached hydrogens (primary N) is 1. The molecule has 0 spiro atoms. The van der Waals surface area contributed by atoms with Gasteiger partial charge in [-0.25, -0.2) is 0 Å². The number of rotatable bonds is 6. The number of carbonyl (C=O) groups is 2. The number of aldehydes is 1. The predicted molar refractivity (Wildman–Crippen MR) is 60.2 cm³/mol. The maximum Gasteiger partial charge on any atom is 0.320 e. The van der Waals surface area contributed by atoms with Gasteiger partial charge < -0.3 is 31.0 Å². The maximum atomic E-state index is 10.0. The van der Waals surface area contributed by atoms with Crippen molar-refractivity contribution >= 4 is 12.3 Å². The highest BCUT2D eigenvalue weighted by atomic mass is 16.4. The van der Waals surface area contributed by atoms with Crippen molar-refractivity contribution in [3.8, 4) is 0 Å². The molecule has 0 aromatic carbocycles. The van der Waals surface area contributed by atoms with Gasteiger partial charge in [-0.2, -0.15) is 0 Å². The number of aliphatic hydroxyl groups is 3. The van der Waals surface area contributed by atoms with Gasteiger partial charge in [-0.15, -0.1) is 0 Å². The lowest BCUT2D eigenvalue weighted by Crippen LogP contribution is -2.34. The second kappa shape index (κ2) is 10.2. The summed E-state index contributed by atoms with van der Waals surface area (Å²) in [5.41, 5.74) is 5.16. The summed E-state index contributed by atoms with van der Waals surface area (Å²) in [6.07, 6.45) is -1.98. The minimum absolute atomic E-state index is 0.0208. The van der Waals surface area contributed by atoms with Crippen LogP contribution in [0.4, 0.5) is 0 Å².